The number of nitrogens with zero attached hydrogens (tertiary/aromatic N) is 3. The Kier molecular flexibility index (Phi) is 6.18. The van der Waals surface area contributed by atoms with Crippen molar-refractivity contribution < 1.29 is 19.1 Å². The molecular weight excluding hydrogens is 396 g/mol. The molecule has 31 heavy (non-hydrogen) atoms. The van der Waals surface area contributed by atoms with E-state index in [4.69, 9.17) is 4.74 Å². The fourth-order valence-electron chi connectivity index (χ4n) is 5.05. The smallest absolute Gasteiger partial charge is 0.325 e. The number of imide groups is 1. The normalized spacial score (nSPS) is 23.9. The summed E-state index contributed by atoms with van der Waals surface area (Å²) in [5.41, 5.74) is -0.192. The van der Waals surface area contributed by atoms with Gasteiger partial charge in [0.15, 0.2) is 0 Å². The lowest BCUT2D eigenvalue weighted by Crippen LogP contribution is -2.56. The van der Waals surface area contributed by atoms with Gasteiger partial charge in [-0.05, 0) is 62.9 Å². The van der Waals surface area contributed by atoms with Crippen molar-refractivity contribution in [3.63, 3.8) is 0 Å². The van der Waals surface area contributed by atoms with Crippen LogP contribution in [0.4, 0.5) is 4.79 Å². The minimum Gasteiger partial charge on any atom is -0.497 e. The first-order valence-electron chi connectivity index (χ1n) is 11.3. The molecule has 0 aromatic heterocycles. The summed E-state index contributed by atoms with van der Waals surface area (Å²) in [6, 6.07) is 6.44. The number of piperidine rings is 2. The monoisotopic (exact) mass is 428 g/mol. The number of amides is 4. The predicted octanol–water partition coefficient (Wildman–Crippen LogP) is 2.10. The van der Waals surface area contributed by atoms with Crippen LogP contribution in [0.5, 0.6) is 5.75 Å². The van der Waals surface area contributed by atoms with Crippen LogP contribution in [0.25, 0.3) is 0 Å². The lowest BCUT2D eigenvalue weighted by atomic mass is 9.87. The topological polar surface area (TPSA) is 82.2 Å². The lowest BCUT2D eigenvalue weighted by molar-refractivity contribution is -0.135. The molecule has 1 spiro atoms. The number of carbonyl (C=O) groups excluding carboxylic acids is 3. The second kappa shape index (κ2) is 8.86. The molecule has 0 bridgehead atoms. The van der Waals surface area contributed by atoms with E-state index in [1.807, 2.05) is 0 Å². The van der Waals surface area contributed by atoms with Gasteiger partial charge in [-0.3, -0.25) is 14.5 Å². The molecular formula is C23H32N4O4. The minimum absolute atomic E-state index is 0.0815. The summed E-state index contributed by atoms with van der Waals surface area (Å²) in [6.07, 6.45) is 3.87. The second-order valence-corrected chi connectivity index (χ2v) is 8.80. The molecule has 1 aromatic rings. The van der Waals surface area contributed by atoms with Crippen molar-refractivity contribution >= 4 is 17.8 Å². The number of methoxy groups -OCH3 is 1. The van der Waals surface area contributed by atoms with Gasteiger partial charge >= 0.3 is 6.03 Å². The summed E-state index contributed by atoms with van der Waals surface area (Å²) in [5.74, 6) is 0.502. The van der Waals surface area contributed by atoms with Crippen molar-refractivity contribution in [1.29, 1.82) is 0 Å². The van der Waals surface area contributed by atoms with Gasteiger partial charge in [0.25, 0.3) is 11.8 Å². The molecule has 3 saturated heterocycles. The fourth-order valence-corrected chi connectivity index (χ4v) is 5.05. The molecule has 4 amide bonds. The van der Waals surface area contributed by atoms with Crippen LogP contribution in [-0.2, 0) is 4.79 Å². The average molecular weight is 429 g/mol. The molecule has 8 heteroatoms. The van der Waals surface area contributed by atoms with Crippen molar-refractivity contribution in [2.24, 2.45) is 0 Å². The zero-order valence-corrected chi connectivity index (χ0v) is 18.4. The number of nitrogens with one attached hydrogen (secondary N) is 1. The average Bonchev–Trinajstić information content (AvgIpc) is 3.04. The van der Waals surface area contributed by atoms with E-state index in [1.54, 1.807) is 36.3 Å². The third-order valence-electron chi connectivity index (χ3n) is 6.83. The highest BCUT2D eigenvalue weighted by atomic mass is 16.5. The summed E-state index contributed by atoms with van der Waals surface area (Å²) in [5, 5.41) is 3.01. The quantitative estimate of drug-likeness (QED) is 0.727. The Morgan fingerprint density at radius 3 is 2.52 bits per heavy atom. The summed E-state index contributed by atoms with van der Waals surface area (Å²) in [7, 11) is 1.59. The molecule has 4 rings (SSSR count). The molecule has 1 atom stereocenters. The predicted molar refractivity (Wildman–Crippen MR) is 116 cm³/mol. The van der Waals surface area contributed by atoms with E-state index in [-0.39, 0.29) is 23.9 Å². The molecule has 0 aliphatic carbocycles. The Morgan fingerprint density at radius 1 is 1.16 bits per heavy atom. The number of hydrogen-bond donors (Lipinski definition) is 1. The van der Waals surface area contributed by atoms with E-state index in [0.29, 0.717) is 37.2 Å². The third kappa shape index (κ3) is 4.13. The molecule has 3 heterocycles. The first kappa shape index (κ1) is 21.6. The largest absolute Gasteiger partial charge is 0.497 e. The Hall–Kier alpha value is -2.61. The molecule has 3 fully saturated rings. The number of ether oxygens (including phenoxy) is 1. The SMILES string of the molecule is CCCN1CCC2(CC1)NC(=O)N([C@H]1CCCN(C(=O)c3ccc(OC)cc3)C1)C2=O. The summed E-state index contributed by atoms with van der Waals surface area (Å²) < 4.78 is 5.16. The van der Waals surface area contributed by atoms with E-state index < -0.39 is 5.54 Å². The molecule has 3 aliphatic heterocycles. The van der Waals surface area contributed by atoms with Crippen molar-refractivity contribution in [2.75, 3.05) is 39.8 Å². The van der Waals surface area contributed by atoms with Crippen LogP contribution in [-0.4, -0.2) is 84.0 Å². The van der Waals surface area contributed by atoms with Crippen LogP contribution in [0.15, 0.2) is 24.3 Å². The van der Waals surface area contributed by atoms with Crippen LogP contribution in [0.3, 0.4) is 0 Å². The van der Waals surface area contributed by atoms with Crippen LogP contribution < -0.4 is 10.1 Å². The van der Waals surface area contributed by atoms with E-state index in [2.05, 4.69) is 17.1 Å². The van der Waals surface area contributed by atoms with E-state index >= 15 is 0 Å². The van der Waals surface area contributed by atoms with Crippen LogP contribution in [0.2, 0.25) is 0 Å². The van der Waals surface area contributed by atoms with Crippen LogP contribution in [0, 0.1) is 0 Å². The third-order valence-corrected chi connectivity index (χ3v) is 6.83. The van der Waals surface area contributed by atoms with Gasteiger partial charge in [0.2, 0.25) is 0 Å². The van der Waals surface area contributed by atoms with Crippen LogP contribution in [0.1, 0.15) is 49.4 Å². The number of urea groups is 1. The van der Waals surface area contributed by atoms with E-state index in [0.717, 1.165) is 38.9 Å². The Morgan fingerprint density at radius 2 is 1.87 bits per heavy atom. The highest BCUT2D eigenvalue weighted by Gasteiger charge is 2.54. The number of likely N-dealkylation sites (tertiary alicyclic amines) is 2. The molecule has 3 aliphatic rings. The molecule has 168 valence electrons. The summed E-state index contributed by atoms with van der Waals surface area (Å²) in [6.45, 7) is 5.81. The van der Waals surface area contributed by atoms with Crippen molar-refractivity contribution in [3.8, 4) is 5.75 Å². The van der Waals surface area contributed by atoms with Gasteiger partial charge < -0.3 is 19.9 Å². The second-order valence-electron chi connectivity index (χ2n) is 8.80. The van der Waals surface area contributed by atoms with Crippen molar-refractivity contribution in [1.82, 2.24) is 20.0 Å². The van der Waals surface area contributed by atoms with Crippen molar-refractivity contribution in [3.05, 3.63) is 29.8 Å². The molecule has 0 saturated carbocycles. The molecule has 0 unspecified atom stereocenters. The minimum atomic E-state index is -0.774. The highest BCUT2D eigenvalue weighted by molar-refractivity contribution is 6.07. The van der Waals surface area contributed by atoms with Gasteiger partial charge in [0.1, 0.15) is 11.3 Å². The highest BCUT2D eigenvalue weighted by Crippen LogP contribution is 2.32. The summed E-state index contributed by atoms with van der Waals surface area (Å²) >= 11 is 0. The molecule has 8 nitrogen and oxygen atoms in total. The van der Waals surface area contributed by atoms with Gasteiger partial charge in [-0.25, -0.2) is 4.79 Å². The zero-order valence-electron chi connectivity index (χ0n) is 18.4. The van der Waals surface area contributed by atoms with Gasteiger partial charge in [-0.1, -0.05) is 6.92 Å². The standard InChI is InChI=1S/C23H32N4O4/c1-3-12-25-14-10-23(11-15-25)21(29)27(22(30)24-23)18-5-4-13-26(16-18)20(28)17-6-8-19(31-2)9-7-17/h6-9,18H,3-5,10-16H2,1-2H3,(H,24,30)/t18-/m0/s1. The molecule has 1 aromatic carbocycles. The molecule has 1 N–H and O–H groups in total. The van der Waals surface area contributed by atoms with Gasteiger partial charge in [-0.2, -0.15) is 0 Å². The van der Waals surface area contributed by atoms with Gasteiger partial charge in [0.05, 0.1) is 13.2 Å². The van der Waals surface area contributed by atoms with Crippen molar-refractivity contribution in [2.45, 2.75) is 50.6 Å². The number of benzene rings is 1. The fraction of sp³-hybridized carbons (Fsp3) is 0.609. The Bertz CT molecular complexity index is 832. The first-order chi connectivity index (χ1) is 15.0. The number of rotatable bonds is 5. The van der Waals surface area contributed by atoms with Gasteiger partial charge in [-0.15, -0.1) is 0 Å². The van der Waals surface area contributed by atoms with Gasteiger partial charge in [0, 0.05) is 31.7 Å². The Labute approximate surface area is 183 Å². The van der Waals surface area contributed by atoms with Crippen LogP contribution >= 0.6 is 0 Å². The summed E-state index contributed by atoms with van der Waals surface area (Å²) in [4.78, 5) is 44.7. The zero-order chi connectivity index (χ0) is 22.0. The maximum Gasteiger partial charge on any atom is 0.325 e. The number of hydrogen-bond acceptors (Lipinski definition) is 5. The van der Waals surface area contributed by atoms with E-state index in [1.165, 1.54) is 4.90 Å². The number of carbonyl (C=O) groups is 3. The Balaban J connectivity index is 1.43. The maximum atomic E-state index is 13.4. The van der Waals surface area contributed by atoms with E-state index in [9.17, 15) is 14.4 Å². The molecule has 0 radical (unpaired) electrons. The first-order valence-corrected chi connectivity index (χ1v) is 11.3. The lowest BCUT2D eigenvalue weighted by Gasteiger charge is -2.39. The maximum absolute atomic E-state index is 13.4.